The molecular weight excluding hydrogens is 433 g/mol. The molecule has 3 aromatic carbocycles. The van der Waals surface area contributed by atoms with Gasteiger partial charge in [0.15, 0.2) is 0 Å². The number of carbonyl (C=O) groups is 1. The van der Waals surface area contributed by atoms with E-state index in [0.717, 1.165) is 12.1 Å². The number of hydrogen-bond acceptors (Lipinski definition) is 5. The van der Waals surface area contributed by atoms with Gasteiger partial charge in [0.2, 0.25) is 0 Å². The highest BCUT2D eigenvalue weighted by atomic mass is 32.3. The fraction of sp³-hybridized carbons (Fsp3) is 0.0500. The highest BCUT2D eigenvalue weighted by Gasteiger charge is 2.30. The molecule has 0 bridgehead atoms. The molecule has 0 aromatic heterocycles. The van der Waals surface area contributed by atoms with Crippen molar-refractivity contribution in [1.82, 2.24) is 0 Å². The molecule has 2 amide bonds. The zero-order valence-corrected chi connectivity index (χ0v) is 16.7. The molecule has 0 fully saturated rings. The zero-order valence-electron chi connectivity index (χ0n) is 15.9. The van der Waals surface area contributed by atoms with E-state index in [1.54, 1.807) is 24.3 Å². The first-order chi connectivity index (χ1) is 14.5. The SMILES string of the molecule is NS(O)(O)c1ccc(Nc2ccccc2)c(NC(=O)Nc2cccc(C(F)(F)F)c2)c1. The van der Waals surface area contributed by atoms with E-state index in [1.807, 2.05) is 6.07 Å². The summed E-state index contributed by atoms with van der Waals surface area (Å²) in [6.45, 7) is 0. The summed E-state index contributed by atoms with van der Waals surface area (Å²) in [5.74, 6) is 0. The van der Waals surface area contributed by atoms with Crippen molar-refractivity contribution in [3.05, 3.63) is 78.4 Å². The van der Waals surface area contributed by atoms with Crippen molar-refractivity contribution >= 4 is 39.6 Å². The van der Waals surface area contributed by atoms with Crippen LogP contribution in [0.3, 0.4) is 0 Å². The van der Waals surface area contributed by atoms with E-state index < -0.39 is 28.5 Å². The van der Waals surface area contributed by atoms with Gasteiger partial charge in [-0.1, -0.05) is 24.3 Å². The molecular formula is C20H19F3N4O3S. The summed E-state index contributed by atoms with van der Waals surface area (Å²) >= 11 is 0. The van der Waals surface area contributed by atoms with E-state index >= 15 is 0 Å². The largest absolute Gasteiger partial charge is 0.416 e. The standard InChI is InChI=1S/C20H19F3N4O3S/c21-20(22,23)13-5-4-8-15(11-13)26-19(28)27-18-12-16(31(24,29)30)9-10-17(18)25-14-6-2-1-3-7-14/h1-12,25,29-30H,24H2,(H2,26,27,28). The van der Waals surface area contributed by atoms with Gasteiger partial charge in [-0.15, -0.1) is 10.8 Å². The summed E-state index contributed by atoms with van der Waals surface area (Å²) < 4.78 is 58.1. The predicted octanol–water partition coefficient (Wildman–Crippen LogP) is 6.08. The van der Waals surface area contributed by atoms with Crippen LogP contribution in [0.5, 0.6) is 0 Å². The molecule has 7 N–H and O–H groups in total. The van der Waals surface area contributed by atoms with Crippen molar-refractivity contribution in [3.8, 4) is 0 Å². The molecule has 164 valence electrons. The van der Waals surface area contributed by atoms with Crippen molar-refractivity contribution in [3.63, 3.8) is 0 Å². The van der Waals surface area contributed by atoms with Gasteiger partial charge in [0, 0.05) is 11.4 Å². The van der Waals surface area contributed by atoms with Gasteiger partial charge in [-0.25, -0.2) is 9.93 Å². The molecule has 0 aliphatic rings. The maximum absolute atomic E-state index is 12.9. The number of hydrogen-bond donors (Lipinski definition) is 6. The number of amides is 2. The Hall–Kier alpha value is -3.25. The quantitative estimate of drug-likeness (QED) is 0.280. The number of para-hydroxylation sites is 1. The third kappa shape index (κ3) is 6.12. The summed E-state index contributed by atoms with van der Waals surface area (Å²) in [6, 6.07) is 16.4. The summed E-state index contributed by atoms with van der Waals surface area (Å²) in [4.78, 5) is 12.4. The molecule has 0 aliphatic heterocycles. The van der Waals surface area contributed by atoms with E-state index in [9.17, 15) is 27.1 Å². The lowest BCUT2D eigenvalue weighted by molar-refractivity contribution is -0.137. The smallest absolute Gasteiger partial charge is 0.354 e. The van der Waals surface area contributed by atoms with Crippen LogP contribution in [0.15, 0.2) is 77.7 Å². The molecule has 31 heavy (non-hydrogen) atoms. The van der Waals surface area contributed by atoms with Crippen LogP contribution in [0.1, 0.15) is 5.56 Å². The van der Waals surface area contributed by atoms with Gasteiger partial charge in [-0.2, -0.15) is 13.2 Å². The highest BCUT2D eigenvalue weighted by molar-refractivity contribution is 8.22. The molecule has 0 aliphatic carbocycles. The van der Waals surface area contributed by atoms with Gasteiger partial charge in [0.1, 0.15) is 0 Å². The average molecular weight is 452 g/mol. The van der Waals surface area contributed by atoms with Crippen LogP contribution in [0, 0.1) is 0 Å². The first-order valence-corrected chi connectivity index (χ1v) is 10.4. The molecule has 3 aromatic rings. The maximum atomic E-state index is 12.9. The van der Waals surface area contributed by atoms with Crippen LogP contribution in [0.25, 0.3) is 0 Å². The molecule has 0 saturated carbocycles. The third-order valence-electron chi connectivity index (χ3n) is 4.09. The predicted molar refractivity (Wildman–Crippen MR) is 116 cm³/mol. The van der Waals surface area contributed by atoms with Gasteiger partial charge in [0.25, 0.3) is 0 Å². The molecule has 0 unspecified atom stereocenters. The lowest BCUT2D eigenvalue weighted by Gasteiger charge is -2.27. The minimum absolute atomic E-state index is 0.0273. The van der Waals surface area contributed by atoms with Crippen LogP contribution in [0.2, 0.25) is 0 Å². The van der Waals surface area contributed by atoms with Crippen molar-refractivity contribution in [2.75, 3.05) is 16.0 Å². The molecule has 0 heterocycles. The normalized spacial score (nSPS) is 12.2. The van der Waals surface area contributed by atoms with Gasteiger partial charge in [0.05, 0.1) is 21.8 Å². The average Bonchev–Trinajstić information content (AvgIpc) is 2.69. The third-order valence-corrected chi connectivity index (χ3v) is 5.03. The number of urea groups is 1. The van der Waals surface area contributed by atoms with Crippen molar-refractivity contribution < 1.29 is 27.1 Å². The van der Waals surface area contributed by atoms with Crippen LogP contribution in [-0.4, -0.2) is 15.1 Å². The summed E-state index contributed by atoms with van der Waals surface area (Å²) in [7, 11) is -3.56. The lowest BCUT2D eigenvalue weighted by atomic mass is 10.2. The van der Waals surface area contributed by atoms with E-state index in [4.69, 9.17) is 5.14 Å². The lowest BCUT2D eigenvalue weighted by Crippen LogP contribution is -2.21. The molecule has 0 spiro atoms. The highest BCUT2D eigenvalue weighted by Crippen LogP contribution is 2.43. The Morgan fingerprint density at radius 3 is 2.16 bits per heavy atom. The fourth-order valence-electron chi connectivity index (χ4n) is 2.66. The monoisotopic (exact) mass is 452 g/mol. The van der Waals surface area contributed by atoms with Gasteiger partial charge >= 0.3 is 12.2 Å². The number of alkyl halides is 3. The van der Waals surface area contributed by atoms with Crippen molar-refractivity contribution in [2.24, 2.45) is 5.14 Å². The second-order valence-corrected chi connectivity index (χ2v) is 8.11. The number of halogens is 3. The molecule has 11 heteroatoms. The molecule has 0 radical (unpaired) electrons. The molecule has 0 saturated heterocycles. The van der Waals surface area contributed by atoms with E-state index in [1.165, 1.54) is 30.3 Å². The number of rotatable bonds is 5. The Balaban J connectivity index is 1.85. The molecule has 0 atom stereocenters. The Kier molecular flexibility index (Phi) is 6.41. The second-order valence-electron chi connectivity index (χ2n) is 6.45. The summed E-state index contributed by atoms with van der Waals surface area (Å²) in [5.41, 5.74) is 0.255. The van der Waals surface area contributed by atoms with Crippen LogP contribution in [0.4, 0.5) is 40.7 Å². The second kappa shape index (κ2) is 8.86. The Labute approximate surface area is 177 Å². The van der Waals surface area contributed by atoms with Gasteiger partial charge < -0.3 is 16.0 Å². The molecule has 3 rings (SSSR count). The van der Waals surface area contributed by atoms with E-state index in [2.05, 4.69) is 16.0 Å². The number of benzene rings is 3. The van der Waals surface area contributed by atoms with E-state index in [0.29, 0.717) is 11.4 Å². The maximum Gasteiger partial charge on any atom is 0.416 e. The number of carbonyl (C=O) groups excluding carboxylic acids is 1. The minimum atomic E-state index is -4.55. The minimum Gasteiger partial charge on any atom is -0.354 e. The van der Waals surface area contributed by atoms with Crippen LogP contribution >= 0.6 is 10.8 Å². The number of nitrogens with two attached hydrogens (primary N) is 1. The Morgan fingerprint density at radius 1 is 0.839 bits per heavy atom. The van der Waals surface area contributed by atoms with Crippen LogP contribution in [-0.2, 0) is 6.18 Å². The summed E-state index contributed by atoms with van der Waals surface area (Å²) in [5, 5.41) is 13.3. The van der Waals surface area contributed by atoms with Crippen molar-refractivity contribution in [1.29, 1.82) is 0 Å². The van der Waals surface area contributed by atoms with Gasteiger partial charge in [-0.3, -0.25) is 9.11 Å². The van der Waals surface area contributed by atoms with E-state index in [-0.39, 0.29) is 16.3 Å². The Bertz CT molecular complexity index is 1070. The first kappa shape index (κ1) is 22.4. The first-order valence-electron chi connectivity index (χ1n) is 8.80. The fourth-order valence-corrected chi connectivity index (χ4v) is 3.22. The Morgan fingerprint density at radius 2 is 1.52 bits per heavy atom. The topological polar surface area (TPSA) is 120 Å². The zero-order chi connectivity index (χ0) is 22.6. The summed E-state index contributed by atoms with van der Waals surface area (Å²) in [6.07, 6.45) is -4.55. The van der Waals surface area contributed by atoms with Crippen LogP contribution < -0.4 is 21.1 Å². The van der Waals surface area contributed by atoms with Gasteiger partial charge in [-0.05, 0) is 48.5 Å². The number of nitrogens with one attached hydrogen (secondary N) is 3. The number of anilines is 4. The molecule has 7 nitrogen and oxygen atoms in total. The van der Waals surface area contributed by atoms with Crippen molar-refractivity contribution in [2.45, 2.75) is 11.1 Å².